The third-order valence-corrected chi connectivity index (χ3v) is 3.45. The molecule has 110 valence electrons. The molecule has 1 aliphatic carbocycles. The maximum atomic E-state index is 12.0. The van der Waals surface area contributed by atoms with Crippen molar-refractivity contribution in [2.45, 2.75) is 19.3 Å². The van der Waals surface area contributed by atoms with Crippen LogP contribution in [-0.4, -0.2) is 62.2 Å². The van der Waals surface area contributed by atoms with Crippen molar-refractivity contribution in [3.05, 3.63) is 0 Å². The number of likely N-dealkylation sites (N-methyl/N-ethyl adjacent to an activating group) is 1. The first-order chi connectivity index (χ1) is 9.03. The third kappa shape index (κ3) is 4.07. The van der Waals surface area contributed by atoms with Gasteiger partial charge in [0.25, 0.3) is 0 Å². The fourth-order valence-corrected chi connectivity index (χ4v) is 1.98. The fraction of sp³-hybridized carbons (Fsp3) is 0.833. The third-order valence-electron chi connectivity index (χ3n) is 3.45. The Kier molecular flexibility index (Phi) is 6.04. The van der Waals surface area contributed by atoms with E-state index in [2.05, 4.69) is 10.5 Å². The molecular weight excluding hydrogens is 248 g/mol. The van der Waals surface area contributed by atoms with Crippen LogP contribution >= 0.6 is 0 Å². The van der Waals surface area contributed by atoms with E-state index in [1.54, 1.807) is 0 Å². The second-order valence-corrected chi connectivity index (χ2v) is 5.09. The van der Waals surface area contributed by atoms with Crippen molar-refractivity contribution in [1.29, 1.82) is 0 Å². The quantitative estimate of drug-likeness (QED) is 0.183. The highest BCUT2D eigenvalue weighted by molar-refractivity contribution is 6.07. The first-order valence-electron chi connectivity index (χ1n) is 6.52. The summed E-state index contributed by atoms with van der Waals surface area (Å²) in [7, 11) is 3.95. The molecule has 0 saturated heterocycles. The van der Waals surface area contributed by atoms with Gasteiger partial charge in [0.05, 0.1) is 13.2 Å². The number of hydrogen-bond donors (Lipinski definition) is 3. The van der Waals surface area contributed by atoms with Crippen LogP contribution in [-0.2, 0) is 9.53 Å². The van der Waals surface area contributed by atoms with Crippen LogP contribution in [0.3, 0.4) is 0 Å². The fourth-order valence-electron chi connectivity index (χ4n) is 1.98. The van der Waals surface area contributed by atoms with E-state index in [-0.39, 0.29) is 11.7 Å². The summed E-state index contributed by atoms with van der Waals surface area (Å²) >= 11 is 0. The first-order valence-corrected chi connectivity index (χ1v) is 6.52. The SMILES string of the molecule is CN(C)CCOCCNC(=O)C1(C(N)=NO)CCC1. The number of amidine groups is 1. The van der Waals surface area contributed by atoms with Gasteiger partial charge < -0.3 is 25.9 Å². The molecule has 1 fully saturated rings. The summed E-state index contributed by atoms with van der Waals surface area (Å²) in [4.78, 5) is 14.1. The van der Waals surface area contributed by atoms with Crippen molar-refractivity contribution in [3.63, 3.8) is 0 Å². The number of ether oxygens (including phenoxy) is 1. The van der Waals surface area contributed by atoms with Crippen molar-refractivity contribution in [2.75, 3.05) is 40.4 Å². The van der Waals surface area contributed by atoms with E-state index in [0.29, 0.717) is 32.6 Å². The van der Waals surface area contributed by atoms with E-state index in [0.717, 1.165) is 13.0 Å². The van der Waals surface area contributed by atoms with Crippen LogP contribution < -0.4 is 11.1 Å². The molecule has 0 aromatic carbocycles. The van der Waals surface area contributed by atoms with Gasteiger partial charge in [0, 0.05) is 13.1 Å². The number of hydrogen-bond acceptors (Lipinski definition) is 5. The van der Waals surface area contributed by atoms with Gasteiger partial charge in [-0.3, -0.25) is 4.79 Å². The summed E-state index contributed by atoms with van der Waals surface area (Å²) < 4.78 is 5.38. The number of rotatable bonds is 8. The van der Waals surface area contributed by atoms with Crippen molar-refractivity contribution in [1.82, 2.24) is 10.2 Å². The molecule has 1 aliphatic rings. The largest absolute Gasteiger partial charge is 0.409 e. The summed E-state index contributed by atoms with van der Waals surface area (Å²) in [5, 5.41) is 14.5. The van der Waals surface area contributed by atoms with Crippen LogP contribution in [0.25, 0.3) is 0 Å². The number of amides is 1. The molecule has 19 heavy (non-hydrogen) atoms. The van der Waals surface area contributed by atoms with Crippen molar-refractivity contribution in [2.24, 2.45) is 16.3 Å². The zero-order chi connectivity index (χ0) is 14.3. The van der Waals surface area contributed by atoms with Crippen molar-refractivity contribution in [3.8, 4) is 0 Å². The Hall–Kier alpha value is -1.34. The minimum absolute atomic E-state index is 0.00442. The van der Waals surface area contributed by atoms with Gasteiger partial charge in [-0.15, -0.1) is 0 Å². The monoisotopic (exact) mass is 272 g/mol. The molecule has 0 radical (unpaired) electrons. The molecule has 1 rings (SSSR count). The molecule has 0 aliphatic heterocycles. The second-order valence-electron chi connectivity index (χ2n) is 5.09. The Bertz CT molecular complexity index is 327. The number of nitrogens with two attached hydrogens (primary N) is 1. The molecule has 0 unspecified atom stereocenters. The molecular formula is C12H24N4O3. The van der Waals surface area contributed by atoms with E-state index < -0.39 is 5.41 Å². The van der Waals surface area contributed by atoms with Crippen LogP contribution in [0.4, 0.5) is 0 Å². The standard InChI is InChI=1S/C12H24N4O3/c1-16(2)7-9-19-8-6-14-11(17)12(4-3-5-12)10(13)15-18/h18H,3-9H2,1-2H3,(H2,13,15)(H,14,17). The molecule has 0 bridgehead atoms. The molecule has 1 saturated carbocycles. The molecule has 4 N–H and O–H groups in total. The van der Waals surface area contributed by atoms with E-state index >= 15 is 0 Å². The molecule has 0 atom stereocenters. The predicted molar refractivity (Wildman–Crippen MR) is 72.1 cm³/mol. The first kappa shape index (κ1) is 15.7. The molecule has 7 nitrogen and oxygen atoms in total. The summed E-state index contributed by atoms with van der Waals surface area (Å²) in [5.41, 5.74) is 4.79. The van der Waals surface area contributed by atoms with E-state index in [1.807, 2.05) is 19.0 Å². The van der Waals surface area contributed by atoms with Gasteiger partial charge in [0.1, 0.15) is 5.41 Å². The zero-order valence-corrected chi connectivity index (χ0v) is 11.7. The Balaban J connectivity index is 2.24. The van der Waals surface area contributed by atoms with E-state index in [4.69, 9.17) is 15.7 Å². The molecule has 0 heterocycles. The molecule has 0 aromatic heterocycles. The lowest BCUT2D eigenvalue weighted by Crippen LogP contribution is -2.54. The minimum atomic E-state index is -0.807. The second kappa shape index (κ2) is 7.30. The van der Waals surface area contributed by atoms with Crippen molar-refractivity contribution < 1.29 is 14.7 Å². The topological polar surface area (TPSA) is 100 Å². The summed E-state index contributed by atoms with van der Waals surface area (Å²) in [5.74, 6) is -0.171. The number of carbonyl (C=O) groups excluding carboxylic acids is 1. The number of nitrogens with one attached hydrogen (secondary N) is 1. The maximum Gasteiger partial charge on any atom is 0.234 e. The average molecular weight is 272 g/mol. The Morgan fingerprint density at radius 1 is 1.47 bits per heavy atom. The van der Waals surface area contributed by atoms with Gasteiger partial charge in [0.15, 0.2) is 5.84 Å². The Labute approximate surface area is 113 Å². The lowest BCUT2D eigenvalue weighted by atomic mass is 9.67. The van der Waals surface area contributed by atoms with Gasteiger partial charge in [-0.05, 0) is 26.9 Å². The average Bonchev–Trinajstić information content (AvgIpc) is 2.31. The van der Waals surface area contributed by atoms with Crippen LogP contribution in [0.5, 0.6) is 0 Å². The van der Waals surface area contributed by atoms with Gasteiger partial charge in [-0.1, -0.05) is 11.6 Å². The molecule has 0 spiro atoms. The van der Waals surface area contributed by atoms with Crippen LogP contribution in [0.2, 0.25) is 0 Å². The smallest absolute Gasteiger partial charge is 0.234 e. The van der Waals surface area contributed by atoms with Gasteiger partial charge in [-0.25, -0.2) is 0 Å². The lowest BCUT2D eigenvalue weighted by Gasteiger charge is -2.38. The number of carbonyl (C=O) groups is 1. The summed E-state index contributed by atoms with van der Waals surface area (Å²) in [6, 6.07) is 0. The van der Waals surface area contributed by atoms with E-state index in [9.17, 15) is 4.79 Å². The molecule has 1 amide bonds. The molecule has 0 aromatic rings. The predicted octanol–water partition coefficient (Wildman–Crippen LogP) is -0.402. The summed E-state index contributed by atoms with van der Waals surface area (Å²) in [6.07, 6.45) is 2.19. The van der Waals surface area contributed by atoms with Gasteiger partial charge in [-0.2, -0.15) is 0 Å². The minimum Gasteiger partial charge on any atom is -0.409 e. The molecule has 7 heteroatoms. The summed E-state index contributed by atoms with van der Waals surface area (Å²) in [6.45, 7) is 2.38. The van der Waals surface area contributed by atoms with Gasteiger partial charge >= 0.3 is 0 Å². The van der Waals surface area contributed by atoms with E-state index in [1.165, 1.54) is 0 Å². The normalized spacial score (nSPS) is 18.2. The number of oxime groups is 1. The maximum absolute atomic E-state index is 12.0. The highest BCUT2D eigenvalue weighted by Gasteiger charge is 2.48. The van der Waals surface area contributed by atoms with Crippen LogP contribution in [0.1, 0.15) is 19.3 Å². The highest BCUT2D eigenvalue weighted by atomic mass is 16.5. The highest BCUT2D eigenvalue weighted by Crippen LogP contribution is 2.41. The number of nitrogens with zero attached hydrogens (tertiary/aromatic N) is 2. The van der Waals surface area contributed by atoms with Crippen LogP contribution in [0.15, 0.2) is 5.16 Å². The zero-order valence-electron chi connectivity index (χ0n) is 11.7. The van der Waals surface area contributed by atoms with Crippen LogP contribution in [0, 0.1) is 5.41 Å². The Morgan fingerprint density at radius 2 is 2.16 bits per heavy atom. The Morgan fingerprint density at radius 3 is 2.63 bits per heavy atom. The lowest BCUT2D eigenvalue weighted by molar-refractivity contribution is -0.131. The van der Waals surface area contributed by atoms with Crippen molar-refractivity contribution >= 4 is 11.7 Å². The van der Waals surface area contributed by atoms with Gasteiger partial charge in [0.2, 0.25) is 5.91 Å².